The number of carbonyl (C=O) groups is 1. The van der Waals surface area contributed by atoms with E-state index in [9.17, 15) is 4.79 Å². The van der Waals surface area contributed by atoms with Gasteiger partial charge in [0.05, 0.1) is 0 Å². The molecule has 0 saturated carbocycles. The van der Waals surface area contributed by atoms with Crippen molar-refractivity contribution in [1.82, 2.24) is 0 Å². The summed E-state index contributed by atoms with van der Waals surface area (Å²) in [6.45, 7) is 1.90. The second-order valence-corrected chi connectivity index (χ2v) is 5.55. The number of rotatable bonds is 3. The van der Waals surface area contributed by atoms with Crippen LogP contribution in [0.2, 0.25) is 15.1 Å². The number of ketones is 1. The van der Waals surface area contributed by atoms with Crippen molar-refractivity contribution >= 4 is 40.6 Å². The Hall–Kier alpha value is -1.02. The Balaban J connectivity index is 2.23. The molecule has 0 aliphatic rings. The lowest BCUT2D eigenvalue weighted by molar-refractivity contribution is 0.0993. The first-order chi connectivity index (χ1) is 8.97. The van der Waals surface area contributed by atoms with Gasteiger partial charge in [0, 0.05) is 27.1 Å². The highest BCUT2D eigenvalue weighted by molar-refractivity contribution is 6.35. The number of hydrogen-bond acceptors (Lipinski definition) is 1. The predicted molar refractivity (Wildman–Crippen MR) is 80.7 cm³/mol. The fraction of sp³-hybridized carbons (Fsp3) is 0.133. The number of aryl methyl sites for hydroxylation is 1. The largest absolute Gasteiger partial charge is 0.294 e. The van der Waals surface area contributed by atoms with Crippen LogP contribution in [0.5, 0.6) is 0 Å². The first kappa shape index (κ1) is 14.4. The number of hydrogen-bond donors (Lipinski definition) is 0. The summed E-state index contributed by atoms with van der Waals surface area (Å²) >= 11 is 17.9. The predicted octanol–water partition coefficient (Wildman–Crippen LogP) is 5.38. The van der Waals surface area contributed by atoms with Gasteiger partial charge in [-0.25, -0.2) is 0 Å². The molecule has 0 aromatic heterocycles. The molecule has 0 unspecified atom stereocenters. The average molecular weight is 314 g/mol. The zero-order valence-electron chi connectivity index (χ0n) is 10.2. The minimum atomic E-state index is -0.0221. The summed E-state index contributed by atoms with van der Waals surface area (Å²) in [5.41, 5.74) is 2.29. The van der Waals surface area contributed by atoms with Crippen LogP contribution in [0.25, 0.3) is 0 Å². The van der Waals surface area contributed by atoms with E-state index in [0.29, 0.717) is 20.6 Å². The summed E-state index contributed by atoms with van der Waals surface area (Å²) in [5.74, 6) is -0.0221. The number of Topliss-reactive ketones (excluding diaryl/α,β-unsaturated/α-hetero) is 1. The van der Waals surface area contributed by atoms with Crippen molar-refractivity contribution in [3.05, 3.63) is 68.2 Å². The van der Waals surface area contributed by atoms with Crippen molar-refractivity contribution in [2.75, 3.05) is 0 Å². The molecular weight excluding hydrogens is 303 g/mol. The Morgan fingerprint density at radius 1 is 1.00 bits per heavy atom. The molecule has 19 heavy (non-hydrogen) atoms. The number of benzene rings is 2. The molecule has 0 aliphatic heterocycles. The van der Waals surface area contributed by atoms with Gasteiger partial charge in [-0.15, -0.1) is 0 Å². The smallest absolute Gasteiger partial charge is 0.167 e. The first-order valence-electron chi connectivity index (χ1n) is 5.70. The molecule has 0 N–H and O–H groups in total. The van der Waals surface area contributed by atoms with E-state index in [-0.39, 0.29) is 12.2 Å². The number of carbonyl (C=O) groups excluding carboxylic acids is 1. The van der Waals surface area contributed by atoms with Crippen molar-refractivity contribution in [2.24, 2.45) is 0 Å². The van der Waals surface area contributed by atoms with Crippen molar-refractivity contribution in [2.45, 2.75) is 13.3 Å². The van der Waals surface area contributed by atoms with E-state index in [4.69, 9.17) is 34.8 Å². The highest BCUT2D eigenvalue weighted by Crippen LogP contribution is 2.23. The second kappa shape index (κ2) is 5.96. The molecular formula is C15H11Cl3O. The summed E-state index contributed by atoms with van der Waals surface area (Å²) in [4.78, 5) is 12.2. The third kappa shape index (κ3) is 3.50. The number of halogens is 3. The van der Waals surface area contributed by atoms with Crippen molar-refractivity contribution < 1.29 is 4.79 Å². The second-order valence-electron chi connectivity index (χ2n) is 4.30. The lowest BCUT2D eigenvalue weighted by Crippen LogP contribution is -2.04. The van der Waals surface area contributed by atoms with Crippen molar-refractivity contribution in [3.63, 3.8) is 0 Å². The Morgan fingerprint density at radius 2 is 1.74 bits per heavy atom. The molecule has 0 bridgehead atoms. The van der Waals surface area contributed by atoms with Crippen molar-refractivity contribution in [3.8, 4) is 0 Å². The molecule has 0 fully saturated rings. The lowest BCUT2D eigenvalue weighted by Gasteiger charge is -2.06. The fourth-order valence-corrected chi connectivity index (χ4v) is 2.36. The summed E-state index contributed by atoms with van der Waals surface area (Å²) in [6, 6.07) is 10.4. The van der Waals surface area contributed by atoms with E-state index in [0.717, 1.165) is 11.1 Å². The van der Waals surface area contributed by atoms with Gasteiger partial charge in [-0.05, 0) is 36.2 Å². The van der Waals surface area contributed by atoms with Gasteiger partial charge in [0.1, 0.15) is 0 Å². The molecule has 0 atom stereocenters. The zero-order valence-corrected chi connectivity index (χ0v) is 12.5. The molecule has 0 saturated heterocycles. The highest BCUT2D eigenvalue weighted by atomic mass is 35.5. The monoisotopic (exact) mass is 312 g/mol. The van der Waals surface area contributed by atoms with Crippen molar-refractivity contribution in [1.29, 1.82) is 0 Å². The maximum Gasteiger partial charge on any atom is 0.167 e. The molecule has 0 radical (unpaired) electrons. The molecule has 0 spiro atoms. The summed E-state index contributed by atoms with van der Waals surface area (Å²) < 4.78 is 0. The SMILES string of the molecule is Cc1ccc(C(=O)Cc2ccc(Cl)cc2Cl)cc1Cl. The molecule has 1 nitrogen and oxygen atoms in total. The Kier molecular flexibility index (Phi) is 4.51. The van der Waals surface area contributed by atoms with E-state index < -0.39 is 0 Å². The molecule has 2 aromatic carbocycles. The molecule has 2 aromatic rings. The standard InChI is InChI=1S/C15H11Cl3O/c1-9-2-3-11(6-13(9)17)15(19)7-10-4-5-12(16)8-14(10)18/h2-6,8H,7H2,1H3. The topological polar surface area (TPSA) is 17.1 Å². The molecule has 0 amide bonds. The van der Waals surface area contributed by atoms with Crippen LogP contribution in [0.4, 0.5) is 0 Å². The summed E-state index contributed by atoms with van der Waals surface area (Å²) in [7, 11) is 0. The Labute approximate surface area is 127 Å². The first-order valence-corrected chi connectivity index (χ1v) is 6.84. The van der Waals surface area contributed by atoms with Crippen LogP contribution < -0.4 is 0 Å². The van der Waals surface area contributed by atoms with E-state index in [1.807, 2.05) is 13.0 Å². The maximum absolute atomic E-state index is 12.2. The molecule has 4 heteroatoms. The van der Waals surface area contributed by atoms with Crippen LogP contribution in [0.1, 0.15) is 21.5 Å². The summed E-state index contributed by atoms with van der Waals surface area (Å²) in [5, 5.41) is 1.65. The zero-order chi connectivity index (χ0) is 14.0. The van der Waals surface area contributed by atoms with Gasteiger partial charge >= 0.3 is 0 Å². The average Bonchev–Trinajstić information content (AvgIpc) is 2.36. The highest BCUT2D eigenvalue weighted by Gasteiger charge is 2.11. The van der Waals surface area contributed by atoms with Gasteiger partial charge in [0.15, 0.2) is 5.78 Å². The van der Waals surface area contributed by atoms with Crippen LogP contribution in [0.15, 0.2) is 36.4 Å². The quantitative estimate of drug-likeness (QED) is 0.695. The van der Waals surface area contributed by atoms with Crippen LogP contribution in [0.3, 0.4) is 0 Å². The third-order valence-electron chi connectivity index (χ3n) is 2.86. The van der Waals surface area contributed by atoms with Crippen LogP contribution >= 0.6 is 34.8 Å². The molecule has 2 rings (SSSR count). The minimum absolute atomic E-state index is 0.0221. The van der Waals surface area contributed by atoms with E-state index in [1.54, 1.807) is 30.3 Å². The Bertz CT molecular complexity index is 635. The van der Waals surface area contributed by atoms with Gasteiger partial charge in [0.2, 0.25) is 0 Å². The van der Waals surface area contributed by atoms with Gasteiger partial charge in [-0.3, -0.25) is 4.79 Å². The fourth-order valence-electron chi connectivity index (χ4n) is 1.71. The minimum Gasteiger partial charge on any atom is -0.294 e. The van der Waals surface area contributed by atoms with Gasteiger partial charge < -0.3 is 0 Å². The third-order valence-corrected chi connectivity index (χ3v) is 3.85. The van der Waals surface area contributed by atoms with Gasteiger partial charge in [-0.2, -0.15) is 0 Å². The lowest BCUT2D eigenvalue weighted by atomic mass is 10.0. The van der Waals surface area contributed by atoms with Gasteiger partial charge in [0.25, 0.3) is 0 Å². The van der Waals surface area contributed by atoms with E-state index in [1.165, 1.54) is 0 Å². The van der Waals surface area contributed by atoms with E-state index in [2.05, 4.69) is 0 Å². The molecule has 0 heterocycles. The summed E-state index contributed by atoms with van der Waals surface area (Å²) in [6.07, 6.45) is 0.232. The molecule has 0 aliphatic carbocycles. The van der Waals surface area contributed by atoms with Crippen LogP contribution in [-0.4, -0.2) is 5.78 Å². The normalized spacial score (nSPS) is 10.5. The van der Waals surface area contributed by atoms with Gasteiger partial charge in [-0.1, -0.05) is 53.0 Å². The molecule has 98 valence electrons. The van der Waals surface area contributed by atoms with Crippen LogP contribution in [0, 0.1) is 6.92 Å². The van der Waals surface area contributed by atoms with Crippen LogP contribution in [-0.2, 0) is 6.42 Å². The maximum atomic E-state index is 12.2. The Morgan fingerprint density at radius 3 is 2.37 bits per heavy atom. The van der Waals surface area contributed by atoms with E-state index >= 15 is 0 Å².